The van der Waals surface area contributed by atoms with Gasteiger partial charge in [0.05, 0.1) is 21.7 Å². The Morgan fingerprint density at radius 1 is 1.17 bits per heavy atom. The maximum Gasteiger partial charge on any atom is 0.253 e. The summed E-state index contributed by atoms with van der Waals surface area (Å²) in [4.78, 5) is 28.5. The standard InChI is InChI=1S/C17H21Cl2N3O2/c1-21-8-7-14(17(21)24)22-9-5-11(6-10-22)20-16(23)12-3-2-4-13(18)15(12)19/h2-4,11,14H,5-10H2,1H3,(H,20,23). The lowest BCUT2D eigenvalue weighted by Crippen LogP contribution is -2.50. The number of hydrogen-bond donors (Lipinski definition) is 1. The summed E-state index contributed by atoms with van der Waals surface area (Å²) in [6.07, 6.45) is 2.55. The van der Waals surface area contributed by atoms with Crippen LogP contribution >= 0.6 is 23.2 Å². The van der Waals surface area contributed by atoms with Gasteiger partial charge in [-0.1, -0.05) is 29.3 Å². The molecule has 1 aromatic rings. The van der Waals surface area contributed by atoms with Crippen LogP contribution in [-0.2, 0) is 4.79 Å². The summed E-state index contributed by atoms with van der Waals surface area (Å²) in [5.74, 6) is 0.0146. The Labute approximate surface area is 151 Å². The second-order valence-electron chi connectivity index (χ2n) is 6.45. The lowest BCUT2D eigenvalue weighted by atomic mass is 10.0. The zero-order valence-corrected chi connectivity index (χ0v) is 15.1. The second kappa shape index (κ2) is 7.30. The van der Waals surface area contributed by atoms with Crippen molar-refractivity contribution in [3.8, 4) is 0 Å². The largest absolute Gasteiger partial charge is 0.349 e. The molecule has 2 fully saturated rings. The first-order chi connectivity index (χ1) is 11.5. The fourth-order valence-electron chi connectivity index (χ4n) is 3.44. The topological polar surface area (TPSA) is 52.6 Å². The Balaban J connectivity index is 1.55. The number of piperidine rings is 1. The van der Waals surface area contributed by atoms with Gasteiger partial charge in [0.1, 0.15) is 0 Å². The Hall–Kier alpha value is -1.30. The van der Waals surface area contributed by atoms with E-state index in [1.807, 2.05) is 7.05 Å². The normalized spacial score (nSPS) is 22.9. The molecule has 1 unspecified atom stereocenters. The minimum Gasteiger partial charge on any atom is -0.349 e. The summed E-state index contributed by atoms with van der Waals surface area (Å²) >= 11 is 12.1. The van der Waals surface area contributed by atoms with Gasteiger partial charge in [-0.25, -0.2) is 0 Å². The molecule has 2 heterocycles. The molecule has 7 heteroatoms. The molecule has 0 bridgehead atoms. The molecule has 0 saturated carbocycles. The van der Waals surface area contributed by atoms with Crippen molar-refractivity contribution in [1.82, 2.24) is 15.1 Å². The highest BCUT2D eigenvalue weighted by atomic mass is 35.5. The second-order valence-corrected chi connectivity index (χ2v) is 7.23. The third-order valence-electron chi connectivity index (χ3n) is 4.90. The first kappa shape index (κ1) is 17.5. The number of rotatable bonds is 3. The monoisotopic (exact) mass is 369 g/mol. The van der Waals surface area contributed by atoms with E-state index in [9.17, 15) is 9.59 Å². The molecule has 130 valence electrons. The van der Waals surface area contributed by atoms with Gasteiger partial charge in [0, 0.05) is 32.7 Å². The van der Waals surface area contributed by atoms with Crippen LogP contribution in [0.25, 0.3) is 0 Å². The fourth-order valence-corrected chi connectivity index (χ4v) is 3.83. The van der Waals surface area contributed by atoms with Crippen molar-refractivity contribution in [2.24, 2.45) is 0 Å². The van der Waals surface area contributed by atoms with E-state index in [1.165, 1.54) is 0 Å². The first-order valence-electron chi connectivity index (χ1n) is 8.21. The summed E-state index contributed by atoms with van der Waals surface area (Å²) in [5.41, 5.74) is 0.402. The Morgan fingerprint density at radius 3 is 2.50 bits per heavy atom. The van der Waals surface area contributed by atoms with E-state index in [1.54, 1.807) is 23.1 Å². The number of likely N-dealkylation sites (N-methyl/N-ethyl adjacent to an activating group) is 1. The number of hydrogen-bond acceptors (Lipinski definition) is 3. The smallest absolute Gasteiger partial charge is 0.253 e. The number of nitrogens with one attached hydrogen (secondary N) is 1. The van der Waals surface area contributed by atoms with Gasteiger partial charge in [-0.2, -0.15) is 0 Å². The van der Waals surface area contributed by atoms with E-state index in [0.29, 0.717) is 10.6 Å². The van der Waals surface area contributed by atoms with Crippen LogP contribution in [-0.4, -0.2) is 60.4 Å². The molecule has 5 nitrogen and oxygen atoms in total. The van der Waals surface area contributed by atoms with Gasteiger partial charge in [0.15, 0.2) is 0 Å². The third-order valence-corrected chi connectivity index (χ3v) is 5.72. The highest BCUT2D eigenvalue weighted by molar-refractivity contribution is 6.43. The summed E-state index contributed by atoms with van der Waals surface area (Å²) in [5, 5.41) is 3.69. The fraction of sp³-hybridized carbons (Fsp3) is 0.529. The molecule has 2 amide bonds. The van der Waals surface area contributed by atoms with E-state index in [4.69, 9.17) is 23.2 Å². The molecule has 1 atom stereocenters. The van der Waals surface area contributed by atoms with Crippen LogP contribution in [0, 0.1) is 0 Å². The third kappa shape index (κ3) is 3.53. The van der Waals surface area contributed by atoms with Gasteiger partial charge in [-0.05, 0) is 31.4 Å². The van der Waals surface area contributed by atoms with Gasteiger partial charge in [-0.3, -0.25) is 14.5 Å². The predicted octanol–water partition coefficient (Wildman–Crippen LogP) is 2.42. The van der Waals surface area contributed by atoms with E-state index < -0.39 is 0 Å². The van der Waals surface area contributed by atoms with Gasteiger partial charge < -0.3 is 10.2 Å². The molecule has 2 saturated heterocycles. The van der Waals surface area contributed by atoms with Crippen molar-refractivity contribution >= 4 is 35.0 Å². The SMILES string of the molecule is CN1CCC(N2CCC(NC(=O)c3cccc(Cl)c3Cl)CC2)C1=O. The summed E-state index contributed by atoms with van der Waals surface area (Å²) in [6, 6.07) is 5.15. The van der Waals surface area contributed by atoms with Crippen molar-refractivity contribution in [2.75, 3.05) is 26.7 Å². The number of nitrogens with zero attached hydrogens (tertiary/aromatic N) is 2. The average Bonchev–Trinajstić information content (AvgIpc) is 2.90. The van der Waals surface area contributed by atoms with Crippen molar-refractivity contribution < 1.29 is 9.59 Å². The number of amides is 2. The molecule has 0 aliphatic carbocycles. The van der Waals surface area contributed by atoms with Gasteiger partial charge >= 0.3 is 0 Å². The van der Waals surface area contributed by atoms with Crippen LogP contribution < -0.4 is 5.32 Å². The minimum absolute atomic E-state index is 0.00836. The van der Waals surface area contributed by atoms with Crippen LogP contribution in [0.4, 0.5) is 0 Å². The number of likely N-dealkylation sites (tertiary alicyclic amines) is 2. The molecular formula is C17H21Cl2N3O2. The summed E-state index contributed by atoms with van der Waals surface area (Å²) in [6.45, 7) is 2.46. The van der Waals surface area contributed by atoms with E-state index in [0.717, 1.165) is 38.9 Å². The molecule has 2 aliphatic rings. The molecule has 0 spiro atoms. The Kier molecular flexibility index (Phi) is 5.33. The number of carbonyl (C=O) groups excluding carboxylic acids is 2. The van der Waals surface area contributed by atoms with E-state index in [2.05, 4.69) is 10.2 Å². The van der Waals surface area contributed by atoms with Crippen LogP contribution in [0.5, 0.6) is 0 Å². The number of halogens is 2. The van der Waals surface area contributed by atoms with Crippen molar-refractivity contribution in [3.63, 3.8) is 0 Å². The molecule has 3 rings (SSSR count). The molecule has 2 aliphatic heterocycles. The van der Waals surface area contributed by atoms with Crippen LogP contribution in [0.1, 0.15) is 29.6 Å². The molecule has 0 radical (unpaired) electrons. The molecule has 1 aromatic carbocycles. The van der Waals surface area contributed by atoms with Crippen molar-refractivity contribution in [1.29, 1.82) is 0 Å². The summed E-state index contributed by atoms with van der Waals surface area (Å²) < 4.78 is 0. The Bertz CT molecular complexity index is 645. The lowest BCUT2D eigenvalue weighted by molar-refractivity contribution is -0.131. The predicted molar refractivity (Wildman–Crippen MR) is 94.6 cm³/mol. The van der Waals surface area contributed by atoms with Crippen molar-refractivity contribution in [3.05, 3.63) is 33.8 Å². The average molecular weight is 370 g/mol. The van der Waals surface area contributed by atoms with Crippen molar-refractivity contribution in [2.45, 2.75) is 31.3 Å². The van der Waals surface area contributed by atoms with Crippen LogP contribution in [0.2, 0.25) is 10.0 Å². The molecular weight excluding hydrogens is 349 g/mol. The highest BCUT2D eigenvalue weighted by Crippen LogP contribution is 2.26. The van der Waals surface area contributed by atoms with E-state index >= 15 is 0 Å². The zero-order chi connectivity index (χ0) is 17.3. The highest BCUT2D eigenvalue weighted by Gasteiger charge is 2.35. The Morgan fingerprint density at radius 2 is 1.88 bits per heavy atom. The zero-order valence-electron chi connectivity index (χ0n) is 13.6. The molecule has 24 heavy (non-hydrogen) atoms. The van der Waals surface area contributed by atoms with Crippen LogP contribution in [0.3, 0.4) is 0 Å². The van der Waals surface area contributed by atoms with Gasteiger partial charge in [-0.15, -0.1) is 0 Å². The number of carbonyl (C=O) groups is 2. The maximum absolute atomic E-state index is 12.4. The van der Waals surface area contributed by atoms with E-state index in [-0.39, 0.29) is 28.9 Å². The van der Waals surface area contributed by atoms with Gasteiger partial charge in [0.25, 0.3) is 5.91 Å². The lowest BCUT2D eigenvalue weighted by Gasteiger charge is -2.35. The molecule has 0 aromatic heterocycles. The summed E-state index contributed by atoms with van der Waals surface area (Å²) in [7, 11) is 1.85. The maximum atomic E-state index is 12.4. The quantitative estimate of drug-likeness (QED) is 0.889. The molecule has 1 N–H and O–H groups in total. The van der Waals surface area contributed by atoms with Gasteiger partial charge in [0.2, 0.25) is 5.91 Å². The first-order valence-corrected chi connectivity index (χ1v) is 8.97. The minimum atomic E-state index is -0.197. The van der Waals surface area contributed by atoms with Crippen LogP contribution in [0.15, 0.2) is 18.2 Å². The number of benzene rings is 1.